The average molecular weight is 276 g/mol. The van der Waals surface area contributed by atoms with Crippen molar-refractivity contribution in [3.05, 3.63) is 71.1 Å². The van der Waals surface area contributed by atoms with E-state index >= 15 is 0 Å². The molecule has 2 heteroatoms. The zero-order valence-electron chi connectivity index (χ0n) is 12.6. The van der Waals surface area contributed by atoms with Crippen LogP contribution in [0.1, 0.15) is 23.1 Å². The summed E-state index contributed by atoms with van der Waals surface area (Å²) in [5.74, 6) is 0. The summed E-state index contributed by atoms with van der Waals surface area (Å²) in [4.78, 5) is 6.44. The van der Waals surface area contributed by atoms with E-state index in [9.17, 15) is 0 Å². The molecule has 2 nitrogen and oxygen atoms in total. The maximum Gasteiger partial charge on any atom is 0.0340 e. The molecule has 0 saturated heterocycles. The van der Waals surface area contributed by atoms with E-state index in [0.717, 1.165) is 18.5 Å². The Hall–Kier alpha value is -2.19. The average Bonchev–Trinajstić information content (AvgIpc) is 2.84. The molecular weight excluding hydrogens is 256 g/mol. The Morgan fingerprint density at radius 1 is 1.10 bits per heavy atom. The number of benzene rings is 1. The first-order valence-electron chi connectivity index (χ1n) is 7.31. The summed E-state index contributed by atoms with van der Waals surface area (Å²) in [7, 11) is 4.24. The highest BCUT2D eigenvalue weighted by Gasteiger charge is 2.18. The van der Waals surface area contributed by atoms with E-state index in [1.54, 1.807) is 0 Å². The van der Waals surface area contributed by atoms with Crippen molar-refractivity contribution in [2.24, 2.45) is 0 Å². The van der Waals surface area contributed by atoms with Gasteiger partial charge < -0.3 is 4.90 Å². The Morgan fingerprint density at radius 2 is 1.95 bits per heavy atom. The molecule has 0 N–H and O–H groups in total. The van der Waals surface area contributed by atoms with Crippen molar-refractivity contribution >= 4 is 17.7 Å². The van der Waals surface area contributed by atoms with E-state index in [0.29, 0.717) is 0 Å². The molecule has 1 aromatic heterocycles. The molecule has 0 atom stereocenters. The van der Waals surface area contributed by atoms with Crippen LogP contribution in [0.2, 0.25) is 0 Å². The molecule has 106 valence electrons. The predicted molar refractivity (Wildman–Crippen MR) is 89.7 cm³/mol. The van der Waals surface area contributed by atoms with Crippen LogP contribution in [0, 0.1) is 0 Å². The number of nitrogens with zero attached hydrogens (tertiary/aromatic N) is 2. The van der Waals surface area contributed by atoms with Crippen molar-refractivity contribution in [1.82, 2.24) is 9.88 Å². The van der Waals surface area contributed by atoms with Gasteiger partial charge in [0.05, 0.1) is 0 Å². The van der Waals surface area contributed by atoms with Crippen LogP contribution in [0.4, 0.5) is 0 Å². The van der Waals surface area contributed by atoms with E-state index in [1.807, 2.05) is 18.5 Å². The molecule has 0 amide bonds. The minimum atomic E-state index is 1.06. The standard InChI is InChI=1S/C19H20N2/c1-21(2)11-9-17-13-16-7-3-4-8-18(16)19(17)12-15-6-5-10-20-14-15/h3-8,10,12-14H,9,11H2,1-2H3. The summed E-state index contributed by atoms with van der Waals surface area (Å²) in [5.41, 5.74) is 6.55. The SMILES string of the molecule is CN(C)CCC1=Cc2ccccc2C1=Cc1cccnc1. The number of rotatable bonds is 4. The van der Waals surface area contributed by atoms with E-state index in [4.69, 9.17) is 0 Å². The second-order valence-corrected chi connectivity index (χ2v) is 5.65. The zero-order valence-corrected chi connectivity index (χ0v) is 12.6. The highest BCUT2D eigenvalue weighted by Crippen LogP contribution is 2.38. The monoisotopic (exact) mass is 276 g/mol. The van der Waals surface area contributed by atoms with Crippen LogP contribution in [-0.4, -0.2) is 30.5 Å². The highest BCUT2D eigenvalue weighted by atomic mass is 15.0. The van der Waals surface area contributed by atoms with E-state index in [2.05, 4.69) is 66.5 Å². The zero-order chi connectivity index (χ0) is 14.7. The van der Waals surface area contributed by atoms with Gasteiger partial charge in [0.25, 0.3) is 0 Å². The number of hydrogen-bond acceptors (Lipinski definition) is 2. The molecule has 1 aromatic carbocycles. The van der Waals surface area contributed by atoms with E-state index < -0.39 is 0 Å². The smallest absolute Gasteiger partial charge is 0.0340 e. The molecule has 0 saturated carbocycles. The van der Waals surface area contributed by atoms with Gasteiger partial charge in [-0.3, -0.25) is 4.98 Å². The van der Waals surface area contributed by atoms with Crippen LogP contribution in [0.25, 0.3) is 17.7 Å². The number of fused-ring (bicyclic) bond motifs is 1. The Labute approximate surface area is 126 Å². The van der Waals surface area contributed by atoms with Gasteiger partial charge in [0.15, 0.2) is 0 Å². The van der Waals surface area contributed by atoms with Gasteiger partial charge >= 0.3 is 0 Å². The van der Waals surface area contributed by atoms with Gasteiger partial charge in [0.2, 0.25) is 0 Å². The maximum absolute atomic E-state index is 4.21. The lowest BCUT2D eigenvalue weighted by atomic mass is 9.98. The number of pyridine rings is 1. The first-order valence-corrected chi connectivity index (χ1v) is 7.31. The van der Waals surface area contributed by atoms with Crippen molar-refractivity contribution in [3.8, 4) is 0 Å². The molecule has 2 aromatic rings. The summed E-state index contributed by atoms with van der Waals surface area (Å²) in [6.07, 6.45) is 9.36. The summed E-state index contributed by atoms with van der Waals surface area (Å²) in [5, 5.41) is 0. The molecule has 3 rings (SSSR count). The van der Waals surface area contributed by atoms with Crippen molar-refractivity contribution in [3.63, 3.8) is 0 Å². The van der Waals surface area contributed by atoms with Crippen molar-refractivity contribution in [2.45, 2.75) is 6.42 Å². The maximum atomic E-state index is 4.21. The molecule has 1 aliphatic carbocycles. The second kappa shape index (κ2) is 6.06. The van der Waals surface area contributed by atoms with Crippen molar-refractivity contribution < 1.29 is 0 Å². The van der Waals surface area contributed by atoms with Crippen LogP contribution in [0.15, 0.2) is 54.4 Å². The minimum Gasteiger partial charge on any atom is -0.309 e. The molecule has 0 unspecified atom stereocenters. The van der Waals surface area contributed by atoms with Gasteiger partial charge in [-0.1, -0.05) is 36.4 Å². The van der Waals surface area contributed by atoms with Crippen LogP contribution < -0.4 is 0 Å². The first kappa shape index (κ1) is 13.8. The summed E-state index contributed by atoms with van der Waals surface area (Å²) in [6, 6.07) is 12.7. The van der Waals surface area contributed by atoms with Gasteiger partial charge in [0, 0.05) is 18.9 Å². The molecule has 0 spiro atoms. The molecular formula is C19H20N2. The van der Waals surface area contributed by atoms with Gasteiger partial charge in [-0.2, -0.15) is 0 Å². The molecule has 21 heavy (non-hydrogen) atoms. The molecule has 0 bridgehead atoms. The fourth-order valence-electron chi connectivity index (χ4n) is 2.66. The topological polar surface area (TPSA) is 16.1 Å². The van der Waals surface area contributed by atoms with Crippen LogP contribution in [0.3, 0.4) is 0 Å². The van der Waals surface area contributed by atoms with Crippen LogP contribution in [0.5, 0.6) is 0 Å². The van der Waals surface area contributed by atoms with Gasteiger partial charge in [-0.15, -0.1) is 0 Å². The van der Waals surface area contributed by atoms with Crippen LogP contribution in [-0.2, 0) is 0 Å². The fraction of sp³-hybridized carbons (Fsp3) is 0.211. The van der Waals surface area contributed by atoms with Crippen molar-refractivity contribution in [1.29, 1.82) is 0 Å². The summed E-state index contributed by atoms with van der Waals surface area (Å²) in [6.45, 7) is 1.06. The third kappa shape index (κ3) is 3.11. The highest BCUT2D eigenvalue weighted by molar-refractivity contribution is 6.01. The normalized spacial score (nSPS) is 15.4. The van der Waals surface area contributed by atoms with Crippen LogP contribution >= 0.6 is 0 Å². The number of allylic oxidation sites excluding steroid dienone is 1. The van der Waals surface area contributed by atoms with Gasteiger partial charge in [-0.05, 0) is 60.5 Å². The number of aromatic nitrogens is 1. The first-order chi connectivity index (χ1) is 10.2. The van der Waals surface area contributed by atoms with Crippen molar-refractivity contribution in [2.75, 3.05) is 20.6 Å². The largest absolute Gasteiger partial charge is 0.309 e. The Bertz CT molecular complexity index is 682. The quantitative estimate of drug-likeness (QED) is 0.840. The lowest BCUT2D eigenvalue weighted by Crippen LogP contribution is -2.13. The minimum absolute atomic E-state index is 1.06. The molecule has 1 heterocycles. The fourth-order valence-corrected chi connectivity index (χ4v) is 2.66. The second-order valence-electron chi connectivity index (χ2n) is 5.65. The molecule has 0 fully saturated rings. The Kier molecular flexibility index (Phi) is 3.98. The van der Waals surface area contributed by atoms with Gasteiger partial charge in [0.1, 0.15) is 0 Å². The lowest BCUT2D eigenvalue weighted by molar-refractivity contribution is 0.415. The van der Waals surface area contributed by atoms with E-state index in [-0.39, 0.29) is 0 Å². The predicted octanol–water partition coefficient (Wildman–Crippen LogP) is 3.97. The number of hydrogen-bond donors (Lipinski definition) is 0. The lowest BCUT2D eigenvalue weighted by Gasteiger charge is -2.12. The molecule has 1 aliphatic rings. The summed E-state index contributed by atoms with van der Waals surface area (Å²) >= 11 is 0. The molecule has 0 aliphatic heterocycles. The third-order valence-electron chi connectivity index (χ3n) is 3.75. The van der Waals surface area contributed by atoms with E-state index in [1.165, 1.54) is 22.3 Å². The summed E-state index contributed by atoms with van der Waals surface area (Å²) < 4.78 is 0. The third-order valence-corrected chi connectivity index (χ3v) is 3.75. The Balaban J connectivity index is 1.98. The van der Waals surface area contributed by atoms with Gasteiger partial charge in [-0.25, -0.2) is 0 Å². The molecule has 0 radical (unpaired) electrons. The Morgan fingerprint density at radius 3 is 2.71 bits per heavy atom.